The van der Waals surface area contributed by atoms with Crippen molar-refractivity contribution in [2.75, 3.05) is 5.32 Å². The molecule has 0 bridgehead atoms. The fraction of sp³-hybridized carbons (Fsp3) is 0.0714. The second kappa shape index (κ2) is 6.04. The van der Waals surface area contributed by atoms with E-state index in [1.54, 1.807) is 36.4 Å². The number of anilines is 1. The van der Waals surface area contributed by atoms with Crippen molar-refractivity contribution in [2.45, 2.75) is 6.54 Å². The first-order chi connectivity index (χ1) is 9.61. The smallest absolute Gasteiger partial charge is 0.274 e. The van der Waals surface area contributed by atoms with Gasteiger partial charge in [0.2, 0.25) is 0 Å². The summed E-state index contributed by atoms with van der Waals surface area (Å²) in [5.74, 6) is 0. The van der Waals surface area contributed by atoms with Crippen LogP contribution in [0.1, 0.15) is 11.1 Å². The van der Waals surface area contributed by atoms with Gasteiger partial charge in [0.05, 0.1) is 15.5 Å². The average Bonchev–Trinajstić information content (AvgIpc) is 2.45. The third-order valence-electron chi connectivity index (χ3n) is 2.76. The quantitative estimate of drug-likeness (QED) is 0.686. The lowest BCUT2D eigenvalue weighted by molar-refractivity contribution is -0.385. The Morgan fingerprint density at radius 3 is 2.70 bits per heavy atom. The van der Waals surface area contributed by atoms with Gasteiger partial charge >= 0.3 is 0 Å². The second-order valence-electron chi connectivity index (χ2n) is 4.05. The van der Waals surface area contributed by atoms with Crippen LogP contribution in [-0.2, 0) is 6.54 Å². The molecule has 0 atom stereocenters. The third-order valence-corrected chi connectivity index (χ3v) is 3.07. The first kappa shape index (κ1) is 13.8. The van der Waals surface area contributed by atoms with Gasteiger partial charge in [-0.3, -0.25) is 10.1 Å². The van der Waals surface area contributed by atoms with Crippen molar-refractivity contribution < 1.29 is 4.92 Å². The summed E-state index contributed by atoms with van der Waals surface area (Å²) in [6.45, 7) is 0.305. The number of nitriles is 1. The Balaban J connectivity index is 2.15. The van der Waals surface area contributed by atoms with E-state index in [9.17, 15) is 10.1 Å². The molecule has 0 spiro atoms. The number of halogens is 1. The van der Waals surface area contributed by atoms with Crippen LogP contribution in [0.15, 0.2) is 42.5 Å². The molecule has 5 nitrogen and oxygen atoms in total. The number of hydrogen-bond acceptors (Lipinski definition) is 4. The summed E-state index contributed by atoms with van der Waals surface area (Å²) in [7, 11) is 0. The summed E-state index contributed by atoms with van der Waals surface area (Å²) in [5.41, 5.74) is 1.74. The molecule has 0 saturated carbocycles. The second-order valence-corrected chi connectivity index (χ2v) is 4.45. The van der Waals surface area contributed by atoms with Crippen molar-refractivity contribution in [1.82, 2.24) is 0 Å². The molecule has 0 aliphatic rings. The maximum absolute atomic E-state index is 10.9. The molecule has 6 heteroatoms. The van der Waals surface area contributed by atoms with Crippen molar-refractivity contribution >= 4 is 23.0 Å². The topological polar surface area (TPSA) is 79.0 Å². The van der Waals surface area contributed by atoms with Gasteiger partial charge in [-0.15, -0.1) is 0 Å². The summed E-state index contributed by atoms with van der Waals surface area (Å²) in [4.78, 5) is 10.5. The Labute approximate surface area is 120 Å². The molecule has 2 aromatic rings. The molecule has 0 aromatic heterocycles. The molecule has 0 aliphatic heterocycles. The van der Waals surface area contributed by atoms with E-state index in [1.807, 2.05) is 6.07 Å². The van der Waals surface area contributed by atoms with Crippen molar-refractivity contribution in [3.63, 3.8) is 0 Å². The zero-order chi connectivity index (χ0) is 14.5. The van der Waals surface area contributed by atoms with E-state index in [0.717, 1.165) is 0 Å². The molecule has 0 heterocycles. The maximum Gasteiger partial charge on any atom is 0.274 e. The van der Waals surface area contributed by atoms with Gasteiger partial charge in [0, 0.05) is 23.9 Å². The van der Waals surface area contributed by atoms with E-state index in [4.69, 9.17) is 16.9 Å². The molecule has 0 fully saturated rings. The summed E-state index contributed by atoms with van der Waals surface area (Å²) in [6, 6.07) is 13.4. The highest BCUT2D eigenvalue weighted by Crippen LogP contribution is 2.22. The van der Waals surface area contributed by atoms with E-state index < -0.39 is 4.92 Å². The number of rotatable bonds is 4. The Kier molecular flexibility index (Phi) is 4.18. The van der Waals surface area contributed by atoms with Gasteiger partial charge in [-0.2, -0.15) is 5.26 Å². The van der Waals surface area contributed by atoms with Crippen LogP contribution in [0.25, 0.3) is 0 Å². The monoisotopic (exact) mass is 287 g/mol. The van der Waals surface area contributed by atoms with Crippen LogP contribution in [0.4, 0.5) is 11.4 Å². The molecular formula is C14H10ClN3O2. The molecule has 2 aromatic carbocycles. The number of nitro benzene ring substituents is 1. The first-order valence-corrected chi connectivity index (χ1v) is 6.15. The minimum absolute atomic E-state index is 0.0692. The van der Waals surface area contributed by atoms with Crippen LogP contribution < -0.4 is 5.32 Å². The minimum Gasteiger partial charge on any atom is -0.381 e. The van der Waals surface area contributed by atoms with Crippen LogP contribution in [0, 0.1) is 21.4 Å². The summed E-state index contributed by atoms with van der Waals surface area (Å²) < 4.78 is 0. The van der Waals surface area contributed by atoms with E-state index in [2.05, 4.69) is 5.32 Å². The first-order valence-electron chi connectivity index (χ1n) is 5.77. The lowest BCUT2D eigenvalue weighted by Crippen LogP contribution is -2.03. The third kappa shape index (κ3) is 3.05. The normalized spacial score (nSPS) is 9.80. The number of nitrogens with zero attached hydrogens (tertiary/aromatic N) is 2. The number of para-hydroxylation sites is 1. The summed E-state index contributed by atoms with van der Waals surface area (Å²) in [6.07, 6.45) is 0. The maximum atomic E-state index is 10.9. The standard InChI is InChI=1S/C14H10ClN3O2/c15-13-7-12(6-5-10(13)8-16)17-9-11-3-1-2-4-14(11)18(19)20/h1-7,17H,9H2. The Hall–Kier alpha value is -2.58. The molecule has 0 aliphatic carbocycles. The minimum atomic E-state index is -0.414. The van der Waals surface area contributed by atoms with Gasteiger partial charge in [-0.25, -0.2) is 0 Å². The molecule has 100 valence electrons. The van der Waals surface area contributed by atoms with Gasteiger partial charge in [0.25, 0.3) is 5.69 Å². The van der Waals surface area contributed by atoms with Crippen molar-refractivity contribution in [3.8, 4) is 6.07 Å². The van der Waals surface area contributed by atoms with Crippen LogP contribution >= 0.6 is 11.6 Å². The zero-order valence-electron chi connectivity index (χ0n) is 10.3. The molecule has 0 saturated heterocycles. The van der Waals surface area contributed by atoms with Gasteiger partial charge in [-0.1, -0.05) is 29.8 Å². The Morgan fingerprint density at radius 1 is 1.30 bits per heavy atom. The molecular weight excluding hydrogens is 278 g/mol. The predicted molar refractivity (Wildman–Crippen MR) is 76.6 cm³/mol. The molecule has 0 radical (unpaired) electrons. The largest absolute Gasteiger partial charge is 0.381 e. The highest BCUT2D eigenvalue weighted by Gasteiger charge is 2.11. The lowest BCUT2D eigenvalue weighted by Gasteiger charge is -2.08. The van der Waals surface area contributed by atoms with Crippen LogP contribution in [0.3, 0.4) is 0 Å². The number of hydrogen-bond donors (Lipinski definition) is 1. The molecule has 2 rings (SSSR count). The van der Waals surface area contributed by atoms with Gasteiger partial charge in [0.1, 0.15) is 6.07 Å². The molecule has 0 amide bonds. The number of nitrogens with one attached hydrogen (secondary N) is 1. The van der Waals surface area contributed by atoms with Crippen LogP contribution in [0.2, 0.25) is 5.02 Å². The van der Waals surface area contributed by atoms with Gasteiger partial charge in [-0.05, 0) is 18.2 Å². The zero-order valence-corrected chi connectivity index (χ0v) is 11.1. The Bertz CT molecular complexity index is 695. The molecule has 1 N–H and O–H groups in total. The predicted octanol–water partition coefficient (Wildman–Crippen LogP) is 3.73. The SMILES string of the molecule is N#Cc1ccc(NCc2ccccc2[N+](=O)[O-])cc1Cl. The average molecular weight is 288 g/mol. The van der Waals surface area contributed by atoms with Crippen molar-refractivity contribution in [2.24, 2.45) is 0 Å². The highest BCUT2D eigenvalue weighted by molar-refractivity contribution is 6.32. The molecule has 0 unspecified atom stereocenters. The van der Waals surface area contributed by atoms with E-state index in [1.165, 1.54) is 6.07 Å². The molecule has 20 heavy (non-hydrogen) atoms. The highest BCUT2D eigenvalue weighted by atomic mass is 35.5. The van der Waals surface area contributed by atoms with E-state index in [0.29, 0.717) is 28.4 Å². The fourth-order valence-corrected chi connectivity index (χ4v) is 1.97. The van der Waals surface area contributed by atoms with Crippen LogP contribution in [0.5, 0.6) is 0 Å². The summed E-state index contributed by atoms with van der Waals surface area (Å²) in [5, 5.41) is 23.1. The fourth-order valence-electron chi connectivity index (χ4n) is 1.75. The lowest BCUT2D eigenvalue weighted by atomic mass is 10.1. The van der Waals surface area contributed by atoms with Crippen LogP contribution in [-0.4, -0.2) is 4.92 Å². The summed E-state index contributed by atoms with van der Waals surface area (Å²) >= 11 is 5.92. The Morgan fingerprint density at radius 2 is 2.05 bits per heavy atom. The van der Waals surface area contributed by atoms with Crippen molar-refractivity contribution in [3.05, 3.63) is 68.7 Å². The van der Waals surface area contributed by atoms with Gasteiger partial charge in [0.15, 0.2) is 0 Å². The van der Waals surface area contributed by atoms with E-state index in [-0.39, 0.29) is 5.69 Å². The van der Waals surface area contributed by atoms with Gasteiger partial charge < -0.3 is 5.32 Å². The number of nitro groups is 1. The number of benzene rings is 2. The van der Waals surface area contributed by atoms with Crippen molar-refractivity contribution in [1.29, 1.82) is 5.26 Å². The van der Waals surface area contributed by atoms with E-state index >= 15 is 0 Å².